The molecule has 186 valence electrons. The van der Waals surface area contributed by atoms with E-state index < -0.39 is 12.1 Å². The highest BCUT2D eigenvalue weighted by Gasteiger charge is 2.20. The van der Waals surface area contributed by atoms with Crippen LogP contribution in [0.2, 0.25) is 0 Å². The SMILES string of the molecule is CCCCCCCCCCCCCCC(O)CC(CCCCCCCCCC)C(=O)O. The number of aliphatic hydroxyl groups is 1. The van der Waals surface area contributed by atoms with E-state index in [2.05, 4.69) is 13.8 Å². The van der Waals surface area contributed by atoms with Crippen LogP contribution in [-0.4, -0.2) is 22.3 Å². The van der Waals surface area contributed by atoms with Crippen molar-refractivity contribution < 1.29 is 15.0 Å². The summed E-state index contributed by atoms with van der Waals surface area (Å²) in [4.78, 5) is 11.5. The summed E-state index contributed by atoms with van der Waals surface area (Å²) in [6.07, 6.45) is 27.1. The van der Waals surface area contributed by atoms with Gasteiger partial charge in [0.15, 0.2) is 0 Å². The van der Waals surface area contributed by atoms with Crippen LogP contribution < -0.4 is 0 Å². The van der Waals surface area contributed by atoms with Crippen LogP contribution in [0, 0.1) is 5.92 Å². The number of carboxylic acid groups (broad SMARTS) is 1. The van der Waals surface area contributed by atoms with Crippen LogP contribution in [0.5, 0.6) is 0 Å². The van der Waals surface area contributed by atoms with Gasteiger partial charge in [0.1, 0.15) is 0 Å². The zero-order valence-electron chi connectivity index (χ0n) is 21.2. The number of carboxylic acids is 1. The smallest absolute Gasteiger partial charge is 0.306 e. The van der Waals surface area contributed by atoms with E-state index in [0.717, 1.165) is 32.1 Å². The lowest BCUT2D eigenvalue weighted by Gasteiger charge is -2.17. The Hall–Kier alpha value is -0.570. The van der Waals surface area contributed by atoms with E-state index in [0.29, 0.717) is 6.42 Å². The first-order valence-corrected chi connectivity index (χ1v) is 14.0. The third-order valence-corrected chi connectivity index (χ3v) is 6.70. The molecular formula is C28H56O3. The fourth-order valence-electron chi connectivity index (χ4n) is 4.53. The summed E-state index contributed by atoms with van der Waals surface area (Å²) in [6, 6.07) is 0. The van der Waals surface area contributed by atoms with Crippen LogP contribution in [0.3, 0.4) is 0 Å². The first kappa shape index (κ1) is 30.4. The average molecular weight is 441 g/mol. The summed E-state index contributed by atoms with van der Waals surface area (Å²) >= 11 is 0. The van der Waals surface area contributed by atoms with Crippen molar-refractivity contribution >= 4 is 5.97 Å². The van der Waals surface area contributed by atoms with Gasteiger partial charge < -0.3 is 10.2 Å². The zero-order valence-corrected chi connectivity index (χ0v) is 21.2. The molecule has 2 atom stereocenters. The highest BCUT2D eigenvalue weighted by Crippen LogP contribution is 2.20. The normalized spacial score (nSPS) is 13.4. The predicted molar refractivity (Wildman–Crippen MR) is 135 cm³/mol. The number of hydrogen-bond donors (Lipinski definition) is 2. The molecule has 0 aromatic rings. The molecule has 0 aromatic carbocycles. The Morgan fingerprint density at radius 1 is 0.548 bits per heavy atom. The second kappa shape index (κ2) is 24.1. The van der Waals surface area contributed by atoms with Gasteiger partial charge in [-0.3, -0.25) is 4.79 Å². The number of carbonyl (C=O) groups is 1. The first-order valence-electron chi connectivity index (χ1n) is 14.0. The largest absolute Gasteiger partial charge is 0.481 e. The van der Waals surface area contributed by atoms with Crippen molar-refractivity contribution in [3.05, 3.63) is 0 Å². The molecule has 31 heavy (non-hydrogen) atoms. The number of rotatable bonds is 25. The Kier molecular flexibility index (Phi) is 23.6. The summed E-state index contributed by atoms with van der Waals surface area (Å²) < 4.78 is 0. The van der Waals surface area contributed by atoms with E-state index in [1.807, 2.05) is 0 Å². The molecule has 0 bridgehead atoms. The fourth-order valence-corrected chi connectivity index (χ4v) is 4.53. The summed E-state index contributed by atoms with van der Waals surface area (Å²) in [5.74, 6) is -1.09. The van der Waals surface area contributed by atoms with E-state index in [1.54, 1.807) is 0 Å². The molecule has 0 saturated heterocycles. The molecule has 0 aromatic heterocycles. The van der Waals surface area contributed by atoms with Gasteiger partial charge in [-0.05, 0) is 19.3 Å². The molecule has 0 spiro atoms. The van der Waals surface area contributed by atoms with Gasteiger partial charge in [-0.2, -0.15) is 0 Å². The molecule has 0 fully saturated rings. The number of hydrogen-bond acceptors (Lipinski definition) is 2. The summed E-state index contributed by atoms with van der Waals surface area (Å²) in [6.45, 7) is 4.50. The number of unbranched alkanes of at least 4 members (excludes halogenated alkanes) is 18. The lowest BCUT2D eigenvalue weighted by atomic mass is 9.92. The standard InChI is InChI=1S/C28H56O3/c1-3-5-7-9-11-13-14-15-16-18-20-22-24-27(29)25-26(28(30)31)23-21-19-17-12-10-8-6-4-2/h26-27,29H,3-25H2,1-2H3,(H,30,31). The van der Waals surface area contributed by atoms with Crippen LogP contribution in [0.25, 0.3) is 0 Å². The van der Waals surface area contributed by atoms with Crippen LogP contribution in [0.4, 0.5) is 0 Å². The van der Waals surface area contributed by atoms with Crippen molar-refractivity contribution in [2.75, 3.05) is 0 Å². The minimum absolute atomic E-state index is 0.368. The van der Waals surface area contributed by atoms with Gasteiger partial charge in [0, 0.05) is 0 Å². The van der Waals surface area contributed by atoms with Gasteiger partial charge in [0.25, 0.3) is 0 Å². The number of aliphatic carboxylic acids is 1. The van der Waals surface area contributed by atoms with Crippen LogP contribution in [0.1, 0.15) is 162 Å². The molecule has 0 amide bonds. The maximum Gasteiger partial charge on any atom is 0.306 e. The van der Waals surface area contributed by atoms with Gasteiger partial charge in [0.05, 0.1) is 12.0 Å². The highest BCUT2D eigenvalue weighted by atomic mass is 16.4. The lowest BCUT2D eigenvalue weighted by Crippen LogP contribution is -2.21. The van der Waals surface area contributed by atoms with Crippen molar-refractivity contribution in [3.63, 3.8) is 0 Å². The second-order valence-corrected chi connectivity index (χ2v) is 9.87. The molecule has 0 radical (unpaired) electrons. The summed E-state index contributed by atoms with van der Waals surface area (Å²) in [5, 5.41) is 19.8. The minimum Gasteiger partial charge on any atom is -0.481 e. The summed E-state index contributed by atoms with van der Waals surface area (Å²) in [7, 11) is 0. The Morgan fingerprint density at radius 3 is 1.23 bits per heavy atom. The molecule has 0 saturated carbocycles. The molecule has 0 aliphatic heterocycles. The lowest BCUT2D eigenvalue weighted by molar-refractivity contribution is -0.143. The third kappa shape index (κ3) is 22.4. The molecular weight excluding hydrogens is 384 g/mol. The van der Waals surface area contributed by atoms with Crippen LogP contribution in [-0.2, 0) is 4.79 Å². The Morgan fingerprint density at radius 2 is 0.871 bits per heavy atom. The molecule has 3 heteroatoms. The Labute approximate surface area is 194 Å². The first-order chi connectivity index (χ1) is 15.1. The third-order valence-electron chi connectivity index (χ3n) is 6.70. The molecule has 2 N–H and O–H groups in total. The van der Waals surface area contributed by atoms with Crippen molar-refractivity contribution in [1.82, 2.24) is 0 Å². The van der Waals surface area contributed by atoms with E-state index in [4.69, 9.17) is 0 Å². The van der Waals surface area contributed by atoms with E-state index in [1.165, 1.54) is 109 Å². The van der Waals surface area contributed by atoms with Crippen molar-refractivity contribution in [2.24, 2.45) is 5.92 Å². The van der Waals surface area contributed by atoms with E-state index in [-0.39, 0.29) is 5.92 Å². The van der Waals surface area contributed by atoms with Crippen LogP contribution in [0.15, 0.2) is 0 Å². The van der Waals surface area contributed by atoms with Gasteiger partial charge >= 0.3 is 5.97 Å². The fraction of sp³-hybridized carbons (Fsp3) is 0.964. The number of aliphatic hydroxyl groups excluding tert-OH is 1. The van der Waals surface area contributed by atoms with E-state index >= 15 is 0 Å². The van der Waals surface area contributed by atoms with Crippen molar-refractivity contribution in [1.29, 1.82) is 0 Å². The maximum atomic E-state index is 11.5. The van der Waals surface area contributed by atoms with Gasteiger partial charge in [-0.1, -0.05) is 142 Å². The molecule has 2 unspecified atom stereocenters. The monoisotopic (exact) mass is 440 g/mol. The quantitative estimate of drug-likeness (QED) is 0.139. The topological polar surface area (TPSA) is 57.5 Å². The molecule has 0 aliphatic rings. The van der Waals surface area contributed by atoms with Crippen molar-refractivity contribution in [3.8, 4) is 0 Å². The summed E-state index contributed by atoms with van der Waals surface area (Å²) in [5.41, 5.74) is 0. The van der Waals surface area contributed by atoms with Gasteiger partial charge in [0.2, 0.25) is 0 Å². The molecule has 0 rings (SSSR count). The minimum atomic E-state index is -0.725. The van der Waals surface area contributed by atoms with Crippen molar-refractivity contribution in [2.45, 2.75) is 168 Å². The zero-order chi connectivity index (χ0) is 23.0. The van der Waals surface area contributed by atoms with E-state index in [9.17, 15) is 15.0 Å². The Bertz CT molecular complexity index is 369. The molecule has 0 heterocycles. The van der Waals surface area contributed by atoms with Gasteiger partial charge in [-0.15, -0.1) is 0 Å². The molecule has 3 nitrogen and oxygen atoms in total. The molecule has 0 aliphatic carbocycles. The van der Waals surface area contributed by atoms with Crippen LogP contribution >= 0.6 is 0 Å². The second-order valence-electron chi connectivity index (χ2n) is 9.87. The average Bonchev–Trinajstić information content (AvgIpc) is 2.75. The highest BCUT2D eigenvalue weighted by molar-refractivity contribution is 5.69. The Balaban J connectivity index is 3.58. The maximum absolute atomic E-state index is 11.5. The predicted octanol–water partition coefficient (Wildman–Crippen LogP) is 9.06. The van der Waals surface area contributed by atoms with Gasteiger partial charge in [-0.25, -0.2) is 0 Å².